The smallest absolute Gasteiger partial charge is 0.0615 e. The van der Waals surface area contributed by atoms with Crippen molar-refractivity contribution >= 4 is 0 Å². The van der Waals surface area contributed by atoms with Crippen molar-refractivity contribution in [1.29, 1.82) is 0 Å². The summed E-state index contributed by atoms with van der Waals surface area (Å²) >= 11 is 0. The number of nitrogens with two attached hydrogens (primary N) is 1. The van der Waals surface area contributed by atoms with Crippen LogP contribution in [-0.4, -0.2) is 32.8 Å². The van der Waals surface area contributed by atoms with Crippen LogP contribution in [-0.2, 0) is 4.74 Å². The van der Waals surface area contributed by atoms with Crippen molar-refractivity contribution in [3.8, 4) is 0 Å². The zero-order chi connectivity index (χ0) is 11.7. The SMILES string of the molecule is CCC(C)(C)CNC(CCCN)COC. The van der Waals surface area contributed by atoms with Crippen LogP contribution >= 0.6 is 0 Å². The molecule has 0 aliphatic rings. The van der Waals surface area contributed by atoms with Gasteiger partial charge in [0.15, 0.2) is 0 Å². The van der Waals surface area contributed by atoms with Gasteiger partial charge < -0.3 is 15.8 Å². The minimum Gasteiger partial charge on any atom is -0.383 e. The van der Waals surface area contributed by atoms with Crippen molar-refractivity contribution in [2.45, 2.75) is 46.1 Å². The highest BCUT2D eigenvalue weighted by atomic mass is 16.5. The Hall–Kier alpha value is -0.120. The van der Waals surface area contributed by atoms with Gasteiger partial charge in [0.2, 0.25) is 0 Å². The highest BCUT2D eigenvalue weighted by Gasteiger charge is 2.17. The minimum atomic E-state index is 0.370. The van der Waals surface area contributed by atoms with Crippen molar-refractivity contribution in [3.63, 3.8) is 0 Å². The molecule has 0 amide bonds. The Morgan fingerprint density at radius 2 is 2.07 bits per heavy atom. The normalized spacial score (nSPS) is 14.2. The summed E-state index contributed by atoms with van der Waals surface area (Å²) in [7, 11) is 1.75. The van der Waals surface area contributed by atoms with Gasteiger partial charge in [0, 0.05) is 19.7 Å². The molecule has 0 spiro atoms. The van der Waals surface area contributed by atoms with Crippen LogP contribution < -0.4 is 11.1 Å². The fraction of sp³-hybridized carbons (Fsp3) is 1.00. The second-order valence-corrected chi connectivity index (χ2v) is 4.98. The largest absolute Gasteiger partial charge is 0.383 e. The molecule has 0 aliphatic carbocycles. The molecule has 0 fully saturated rings. The molecule has 3 N–H and O–H groups in total. The quantitative estimate of drug-likeness (QED) is 0.617. The van der Waals surface area contributed by atoms with Crippen LogP contribution in [0.1, 0.15) is 40.0 Å². The summed E-state index contributed by atoms with van der Waals surface area (Å²) in [6.45, 7) is 9.38. The van der Waals surface area contributed by atoms with E-state index in [1.165, 1.54) is 6.42 Å². The molecule has 0 aromatic heterocycles. The maximum absolute atomic E-state index is 5.51. The van der Waals surface area contributed by atoms with E-state index < -0.39 is 0 Å². The van der Waals surface area contributed by atoms with Gasteiger partial charge in [-0.2, -0.15) is 0 Å². The van der Waals surface area contributed by atoms with Crippen LogP contribution in [0.2, 0.25) is 0 Å². The van der Waals surface area contributed by atoms with E-state index >= 15 is 0 Å². The van der Waals surface area contributed by atoms with Crippen molar-refractivity contribution in [3.05, 3.63) is 0 Å². The Morgan fingerprint density at radius 1 is 1.40 bits per heavy atom. The highest BCUT2D eigenvalue weighted by Crippen LogP contribution is 2.18. The van der Waals surface area contributed by atoms with Gasteiger partial charge in [0.25, 0.3) is 0 Å². The van der Waals surface area contributed by atoms with E-state index in [2.05, 4.69) is 26.1 Å². The van der Waals surface area contributed by atoms with Crippen LogP contribution in [0.15, 0.2) is 0 Å². The summed E-state index contributed by atoms with van der Waals surface area (Å²) in [5.74, 6) is 0. The summed E-state index contributed by atoms with van der Waals surface area (Å²) in [4.78, 5) is 0. The number of ether oxygens (including phenoxy) is 1. The Labute approximate surface area is 94.8 Å². The zero-order valence-corrected chi connectivity index (χ0v) is 10.8. The Bertz CT molecular complexity index is 149. The van der Waals surface area contributed by atoms with Crippen molar-refractivity contribution < 1.29 is 4.74 Å². The first kappa shape index (κ1) is 14.9. The molecule has 0 saturated carbocycles. The van der Waals surface area contributed by atoms with Gasteiger partial charge in [0.1, 0.15) is 0 Å². The third-order valence-electron chi connectivity index (χ3n) is 2.95. The Morgan fingerprint density at radius 3 is 2.53 bits per heavy atom. The lowest BCUT2D eigenvalue weighted by atomic mass is 9.90. The fourth-order valence-corrected chi connectivity index (χ4v) is 1.36. The van der Waals surface area contributed by atoms with Crippen LogP contribution in [0.5, 0.6) is 0 Å². The standard InChI is InChI=1S/C12H28N2O/c1-5-12(2,3)10-14-11(9-15-4)7-6-8-13/h11,14H,5-10,13H2,1-4H3. The van der Waals surface area contributed by atoms with Crippen LogP contribution in [0.25, 0.3) is 0 Å². The summed E-state index contributed by atoms with van der Waals surface area (Å²) in [6.07, 6.45) is 3.36. The first-order chi connectivity index (χ1) is 7.05. The molecule has 0 rings (SSSR count). The predicted octanol–water partition coefficient (Wildman–Crippen LogP) is 1.77. The molecule has 0 bridgehead atoms. The van der Waals surface area contributed by atoms with E-state index in [-0.39, 0.29) is 0 Å². The molecular weight excluding hydrogens is 188 g/mol. The van der Waals surface area contributed by atoms with E-state index in [9.17, 15) is 0 Å². The summed E-state index contributed by atoms with van der Waals surface area (Å²) in [5.41, 5.74) is 5.88. The monoisotopic (exact) mass is 216 g/mol. The van der Waals surface area contributed by atoms with Gasteiger partial charge >= 0.3 is 0 Å². The number of hydrogen-bond donors (Lipinski definition) is 2. The minimum absolute atomic E-state index is 0.370. The molecule has 0 aliphatic heterocycles. The van der Waals surface area contributed by atoms with Gasteiger partial charge in [-0.25, -0.2) is 0 Å². The Kier molecular flexibility index (Phi) is 8.02. The number of hydrogen-bond acceptors (Lipinski definition) is 3. The third kappa shape index (κ3) is 7.77. The topological polar surface area (TPSA) is 47.3 Å². The molecule has 0 radical (unpaired) electrons. The van der Waals surface area contributed by atoms with E-state index in [4.69, 9.17) is 10.5 Å². The molecular formula is C12H28N2O. The number of rotatable bonds is 9. The second-order valence-electron chi connectivity index (χ2n) is 4.98. The second kappa shape index (κ2) is 8.08. The first-order valence-corrected chi connectivity index (χ1v) is 5.98. The fourth-order valence-electron chi connectivity index (χ4n) is 1.36. The summed E-state index contributed by atoms with van der Waals surface area (Å²) < 4.78 is 5.20. The number of methoxy groups -OCH3 is 1. The molecule has 1 atom stereocenters. The highest BCUT2D eigenvalue weighted by molar-refractivity contribution is 4.74. The van der Waals surface area contributed by atoms with Gasteiger partial charge in [0.05, 0.1) is 6.61 Å². The molecule has 3 nitrogen and oxygen atoms in total. The van der Waals surface area contributed by atoms with Crippen LogP contribution in [0.4, 0.5) is 0 Å². The predicted molar refractivity (Wildman–Crippen MR) is 66.0 cm³/mol. The van der Waals surface area contributed by atoms with E-state index in [1.807, 2.05) is 0 Å². The van der Waals surface area contributed by atoms with Crippen LogP contribution in [0.3, 0.4) is 0 Å². The van der Waals surface area contributed by atoms with Gasteiger partial charge in [-0.1, -0.05) is 20.8 Å². The molecule has 92 valence electrons. The first-order valence-electron chi connectivity index (χ1n) is 5.98. The molecule has 3 heteroatoms. The summed E-state index contributed by atoms with van der Waals surface area (Å²) in [6, 6.07) is 0.448. The zero-order valence-electron chi connectivity index (χ0n) is 10.8. The molecule has 0 saturated heterocycles. The molecule has 15 heavy (non-hydrogen) atoms. The molecule has 0 aromatic carbocycles. The van der Waals surface area contributed by atoms with Gasteiger partial charge in [-0.15, -0.1) is 0 Å². The molecule has 0 aromatic rings. The molecule has 0 heterocycles. The van der Waals surface area contributed by atoms with Gasteiger partial charge in [-0.3, -0.25) is 0 Å². The maximum Gasteiger partial charge on any atom is 0.0615 e. The van der Waals surface area contributed by atoms with E-state index in [0.717, 1.165) is 32.5 Å². The molecule has 1 unspecified atom stereocenters. The van der Waals surface area contributed by atoms with Crippen molar-refractivity contribution in [1.82, 2.24) is 5.32 Å². The van der Waals surface area contributed by atoms with Crippen LogP contribution in [0, 0.1) is 5.41 Å². The third-order valence-corrected chi connectivity index (χ3v) is 2.95. The maximum atomic E-state index is 5.51. The van der Waals surface area contributed by atoms with Crippen molar-refractivity contribution in [2.24, 2.45) is 11.1 Å². The van der Waals surface area contributed by atoms with Gasteiger partial charge in [-0.05, 0) is 31.2 Å². The number of nitrogens with one attached hydrogen (secondary N) is 1. The van der Waals surface area contributed by atoms with Crippen molar-refractivity contribution in [2.75, 3.05) is 26.8 Å². The summed E-state index contributed by atoms with van der Waals surface area (Å²) in [5, 5.41) is 3.57. The average molecular weight is 216 g/mol. The lowest BCUT2D eigenvalue weighted by molar-refractivity contribution is 0.153. The lowest BCUT2D eigenvalue weighted by Crippen LogP contribution is -2.39. The Balaban J connectivity index is 3.83. The lowest BCUT2D eigenvalue weighted by Gasteiger charge is -2.27. The van der Waals surface area contributed by atoms with E-state index in [1.54, 1.807) is 7.11 Å². The van der Waals surface area contributed by atoms with E-state index in [0.29, 0.717) is 11.5 Å². The average Bonchev–Trinajstić information content (AvgIpc) is 2.22.